The number of carbonyl (C=O) groups excluding carboxylic acids is 1. The van der Waals surface area contributed by atoms with Crippen LogP contribution in [-0.4, -0.2) is 54.0 Å². The van der Waals surface area contributed by atoms with Crippen molar-refractivity contribution in [3.63, 3.8) is 0 Å². The lowest BCUT2D eigenvalue weighted by atomic mass is 9.92. The fraction of sp³-hybridized carbons (Fsp3) is 0.929. The van der Waals surface area contributed by atoms with Gasteiger partial charge in [0.2, 0.25) is 0 Å². The molecule has 1 saturated carbocycles. The second-order valence-corrected chi connectivity index (χ2v) is 5.94. The smallest absolute Gasteiger partial charge is 0.317 e. The highest BCUT2D eigenvalue weighted by molar-refractivity contribution is 5.74. The van der Waals surface area contributed by atoms with E-state index in [4.69, 9.17) is 4.74 Å². The van der Waals surface area contributed by atoms with Gasteiger partial charge in [-0.3, -0.25) is 0 Å². The normalized spacial score (nSPS) is 24.1. The fourth-order valence-corrected chi connectivity index (χ4v) is 2.59. The molecule has 2 unspecified atom stereocenters. The maximum absolute atomic E-state index is 12.2. The first-order valence-corrected chi connectivity index (χ1v) is 7.18. The van der Waals surface area contributed by atoms with Gasteiger partial charge in [-0.05, 0) is 33.6 Å². The van der Waals surface area contributed by atoms with Crippen molar-refractivity contribution in [3.05, 3.63) is 0 Å². The zero-order valence-corrected chi connectivity index (χ0v) is 12.6. The van der Waals surface area contributed by atoms with Crippen molar-refractivity contribution < 1.29 is 14.6 Å². The molecule has 1 aliphatic carbocycles. The molecule has 112 valence electrons. The quantitative estimate of drug-likeness (QED) is 0.801. The van der Waals surface area contributed by atoms with Crippen LogP contribution in [-0.2, 0) is 4.74 Å². The number of amides is 2. The first-order valence-electron chi connectivity index (χ1n) is 7.18. The number of carbonyl (C=O) groups is 1. The molecule has 0 aliphatic heterocycles. The predicted molar refractivity (Wildman–Crippen MR) is 75.1 cm³/mol. The third kappa shape index (κ3) is 5.37. The lowest BCUT2D eigenvalue weighted by Crippen LogP contribution is -2.53. The number of nitrogens with zero attached hydrogens (tertiary/aromatic N) is 1. The lowest BCUT2D eigenvalue weighted by molar-refractivity contribution is 0.0335. The summed E-state index contributed by atoms with van der Waals surface area (Å²) in [5.74, 6) is 0. The number of ether oxygens (including phenoxy) is 1. The van der Waals surface area contributed by atoms with Crippen LogP contribution < -0.4 is 5.32 Å². The molecule has 0 aromatic heterocycles. The topological polar surface area (TPSA) is 61.8 Å². The number of hydrogen-bond donors (Lipinski definition) is 2. The summed E-state index contributed by atoms with van der Waals surface area (Å²) in [4.78, 5) is 13.9. The minimum Gasteiger partial charge on any atom is -0.389 e. The third-order valence-corrected chi connectivity index (χ3v) is 3.56. The van der Waals surface area contributed by atoms with E-state index in [-0.39, 0.29) is 18.2 Å². The van der Waals surface area contributed by atoms with E-state index in [0.29, 0.717) is 13.1 Å². The number of urea groups is 1. The number of hydrogen-bond acceptors (Lipinski definition) is 3. The van der Waals surface area contributed by atoms with Crippen LogP contribution in [0.1, 0.15) is 46.5 Å². The number of nitrogens with one attached hydrogen (secondary N) is 1. The van der Waals surface area contributed by atoms with E-state index in [9.17, 15) is 9.90 Å². The van der Waals surface area contributed by atoms with Crippen molar-refractivity contribution in [1.29, 1.82) is 0 Å². The molecule has 5 heteroatoms. The van der Waals surface area contributed by atoms with Crippen molar-refractivity contribution in [2.75, 3.05) is 20.2 Å². The molecule has 19 heavy (non-hydrogen) atoms. The summed E-state index contributed by atoms with van der Waals surface area (Å²) in [5, 5.41) is 12.9. The number of likely N-dealkylation sites (N-methyl/N-ethyl adjacent to an activating group) is 1. The van der Waals surface area contributed by atoms with Gasteiger partial charge in [-0.2, -0.15) is 0 Å². The lowest BCUT2D eigenvalue weighted by Gasteiger charge is -2.34. The van der Waals surface area contributed by atoms with Gasteiger partial charge in [-0.1, -0.05) is 12.8 Å². The molecule has 2 N–H and O–H groups in total. The fourth-order valence-electron chi connectivity index (χ4n) is 2.59. The van der Waals surface area contributed by atoms with Gasteiger partial charge in [0.25, 0.3) is 0 Å². The minimum absolute atomic E-state index is 0.0853. The van der Waals surface area contributed by atoms with Crippen LogP contribution in [0.2, 0.25) is 0 Å². The molecule has 1 fully saturated rings. The van der Waals surface area contributed by atoms with E-state index in [1.807, 2.05) is 6.92 Å². The Balaban J connectivity index is 2.55. The van der Waals surface area contributed by atoms with Crippen LogP contribution in [0.25, 0.3) is 0 Å². The van der Waals surface area contributed by atoms with Gasteiger partial charge in [0.05, 0.1) is 24.3 Å². The van der Waals surface area contributed by atoms with Gasteiger partial charge >= 0.3 is 6.03 Å². The summed E-state index contributed by atoms with van der Waals surface area (Å²) < 4.78 is 5.44. The van der Waals surface area contributed by atoms with E-state index >= 15 is 0 Å². The molecular weight excluding hydrogens is 244 g/mol. The summed E-state index contributed by atoms with van der Waals surface area (Å²) in [7, 11) is 1.70. The van der Waals surface area contributed by atoms with Crippen molar-refractivity contribution >= 4 is 6.03 Å². The number of rotatable bonds is 5. The van der Waals surface area contributed by atoms with E-state index < -0.39 is 5.60 Å². The Hall–Kier alpha value is -0.810. The molecule has 1 rings (SSSR count). The van der Waals surface area contributed by atoms with Gasteiger partial charge in [0.1, 0.15) is 0 Å². The highest BCUT2D eigenvalue weighted by Gasteiger charge is 2.29. The second-order valence-electron chi connectivity index (χ2n) is 5.94. The van der Waals surface area contributed by atoms with E-state index in [1.165, 1.54) is 0 Å². The van der Waals surface area contributed by atoms with E-state index in [0.717, 1.165) is 25.7 Å². The highest BCUT2D eigenvalue weighted by Crippen LogP contribution is 2.21. The molecule has 0 aromatic rings. The molecule has 0 saturated heterocycles. The average molecular weight is 272 g/mol. The Bertz CT molecular complexity index is 289. The standard InChI is InChI=1S/C14H28N2O3/c1-5-16(10-14(2,3)18)13(17)15-11-8-6-7-9-12(11)19-4/h11-12,18H,5-10H2,1-4H3,(H,15,17). The Labute approximate surface area is 116 Å². The van der Waals surface area contributed by atoms with Gasteiger partial charge in [0.15, 0.2) is 0 Å². The van der Waals surface area contributed by atoms with Crippen LogP contribution in [0.5, 0.6) is 0 Å². The maximum atomic E-state index is 12.2. The monoisotopic (exact) mass is 272 g/mol. The molecule has 5 nitrogen and oxygen atoms in total. The summed E-state index contributed by atoms with van der Waals surface area (Å²) >= 11 is 0. The minimum atomic E-state index is -0.874. The Morgan fingerprint density at radius 2 is 2.05 bits per heavy atom. The third-order valence-electron chi connectivity index (χ3n) is 3.56. The molecule has 0 bridgehead atoms. The zero-order valence-electron chi connectivity index (χ0n) is 12.6. The maximum Gasteiger partial charge on any atom is 0.317 e. The molecule has 0 aromatic carbocycles. The molecule has 0 radical (unpaired) electrons. The Kier molecular flexibility index (Phi) is 6.07. The van der Waals surface area contributed by atoms with Gasteiger partial charge in [-0.25, -0.2) is 4.79 Å². The molecule has 2 amide bonds. The van der Waals surface area contributed by atoms with Crippen molar-refractivity contribution in [2.24, 2.45) is 0 Å². The first-order chi connectivity index (χ1) is 8.87. The summed E-state index contributed by atoms with van der Waals surface area (Å²) in [6.07, 6.45) is 4.36. The van der Waals surface area contributed by atoms with Crippen molar-refractivity contribution in [3.8, 4) is 0 Å². The number of aliphatic hydroxyl groups is 1. The van der Waals surface area contributed by atoms with Gasteiger partial charge in [-0.15, -0.1) is 0 Å². The molecule has 0 spiro atoms. The van der Waals surface area contributed by atoms with E-state index in [1.54, 1.807) is 25.9 Å². The first kappa shape index (κ1) is 16.2. The van der Waals surface area contributed by atoms with Crippen molar-refractivity contribution in [2.45, 2.75) is 64.2 Å². The largest absolute Gasteiger partial charge is 0.389 e. The van der Waals surface area contributed by atoms with Crippen molar-refractivity contribution in [1.82, 2.24) is 10.2 Å². The summed E-state index contributed by atoms with van der Waals surface area (Å²) in [6, 6.07) is -0.0271. The SMILES string of the molecule is CCN(CC(C)(C)O)C(=O)NC1CCCCC1OC. The van der Waals surface area contributed by atoms with Crippen LogP contribution in [0.4, 0.5) is 4.79 Å². The number of methoxy groups -OCH3 is 1. The van der Waals surface area contributed by atoms with Crippen LogP contribution in [0.3, 0.4) is 0 Å². The summed E-state index contributed by atoms with van der Waals surface area (Å²) in [5.41, 5.74) is -0.874. The van der Waals surface area contributed by atoms with Crippen LogP contribution >= 0.6 is 0 Å². The summed E-state index contributed by atoms with van der Waals surface area (Å²) in [6.45, 7) is 6.25. The highest BCUT2D eigenvalue weighted by atomic mass is 16.5. The molecule has 2 atom stereocenters. The second kappa shape index (κ2) is 7.10. The van der Waals surface area contributed by atoms with Gasteiger partial charge < -0.3 is 20.1 Å². The van der Waals surface area contributed by atoms with Gasteiger partial charge in [0, 0.05) is 13.7 Å². The zero-order chi connectivity index (χ0) is 14.5. The Morgan fingerprint density at radius 3 is 2.58 bits per heavy atom. The molecule has 1 aliphatic rings. The average Bonchev–Trinajstić information content (AvgIpc) is 2.35. The molecule has 0 heterocycles. The predicted octanol–water partition coefficient (Wildman–Crippen LogP) is 1.75. The van der Waals surface area contributed by atoms with Crippen LogP contribution in [0.15, 0.2) is 0 Å². The molecular formula is C14H28N2O3. The Morgan fingerprint density at radius 1 is 1.42 bits per heavy atom. The van der Waals surface area contributed by atoms with E-state index in [2.05, 4.69) is 5.32 Å². The van der Waals surface area contributed by atoms with Crippen LogP contribution in [0, 0.1) is 0 Å².